The molecule has 0 fully saturated rings. The summed E-state index contributed by atoms with van der Waals surface area (Å²) < 4.78 is 11.0. The Kier molecular flexibility index (Phi) is 4.07. The predicted octanol–water partition coefficient (Wildman–Crippen LogP) is 1.96. The quantitative estimate of drug-likeness (QED) is 0.642. The van der Waals surface area contributed by atoms with E-state index in [1.165, 1.54) is 0 Å². The number of hydrogen-bond acceptors (Lipinski definition) is 2. The van der Waals surface area contributed by atoms with E-state index in [0.717, 1.165) is 18.7 Å². The number of hydrogen-bond donors (Lipinski definition) is 1. The summed E-state index contributed by atoms with van der Waals surface area (Å²) in [4.78, 5) is 0. The molecule has 0 amide bonds. The first-order chi connectivity index (χ1) is 4.45. The molecule has 60 valence electrons. The van der Waals surface area contributed by atoms with E-state index in [1.54, 1.807) is 0 Å². The van der Waals surface area contributed by atoms with E-state index in [1.807, 2.05) is 20.8 Å². The Balaban J connectivity index is 3.46. The summed E-state index contributed by atoms with van der Waals surface area (Å²) in [6, 6.07) is 0. The second-order valence-corrected chi connectivity index (χ2v) is 5.30. The Labute approximate surface area is 64.0 Å². The van der Waals surface area contributed by atoms with Crippen LogP contribution in [0.15, 0.2) is 0 Å². The Bertz CT molecular complexity index is 117. The predicted molar refractivity (Wildman–Crippen MR) is 45.9 cm³/mol. The molecule has 0 aromatic rings. The first kappa shape index (κ1) is 10.1. The van der Waals surface area contributed by atoms with Crippen molar-refractivity contribution in [3.8, 4) is 0 Å². The monoisotopic (exact) mass is 162 g/mol. The van der Waals surface area contributed by atoms with E-state index in [-0.39, 0.29) is 5.54 Å². The summed E-state index contributed by atoms with van der Waals surface area (Å²) in [5, 5.41) is 0. The molecule has 0 aliphatic carbocycles. The first-order valence-electron chi connectivity index (χ1n) is 3.66. The van der Waals surface area contributed by atoms with Crippen LogP contribution in [-0.4, -0.2) is 17.9 Å². The van der Waals surface area contributed by atoms with Gasteiger partial charge in [-0.2, -0.15) is 0 Å². The first-order valence-corrected chi connectivity index (χ1v) is 5.29. The molecule has 0 aromatic heterocycles. The van der Waals surface area contributed by atoms with Gasteiger partial charge in [-0.05, 0) is 20.8 Å². The normalized spacial score (nSPS) is 13.4. The third-order valence-corrected chi connectivity index (χ3v) is 2.79. The van der Waals surface area contributed by atoms with Crippen LogP contribution in [0, 0.1) is 0 Å². The topological polar surface area (TPSA) is 43.1 Å². The second-order valence-electron chi connectivity index (χ2n) is 3.26. The zero-order chi connectivity index (χ0) is 8.20. The molecule has 10 heavy (non-hydrogen) atoms. The fourth-order valence-electron chi connectivity index (χ4n) is 0.571. The van der Waals surface area contributed by atoms with Gasteiger partial charge in [0.1, 0.15) is 12.3 Å². The fraction of sp³-hybridized carbons (Fsp3) is 1.00. The lowest BCUT2D eigenvalue weighted by atomic mass is 10.0. The van der Waals surface area contributed by atoms with Crippen molar-refractivity contribution in [3.63, 3.8) is 0 Å². The molecule has 0 radical (unpaired) electrons. The van der Waals surface area contributed by atoms with Crippen LogP contribution >= 0.6 is 7.80 Å². The third kappa shape index (κ3) is 6.18. The Morgan fingerprint density at radius 3 is 2.30 bits per heavy atom. The van der Waals surface area contributed by atoms with E-state index in [0.29, 0.717) is 0 Å². The molecule has 0 heterocycles. The molecule has 0 saturated heterocycles. The molecule has 0 spiro atoms. The van der Waals surface area contributed by atoms with Crippen molar-refractivity contribution < 1.29 is 4.57 Å². The third-order valence-electron chi connectivity index (χ3n) is 1.36. The molecule has 0 aliphatic heterocycles. The van der Waals surface area contributed by atoms with Crippen LogP contribution < -0.4 is 5.73 Å². The molecule has 0 rings (SSSR count). The van der Waals surface area contributed by atoms with Gasteiger partial charge in [-0.15, -0.1) is 0 Å². The van der Waals surface area contributed by atoms with Crippen molar-refractivity contribution in [2.75, 3.05) is 12.3 Å². The van der Waals surface area contributed by atoms with Gasteiger partial charge in [0.05, 0.1) is 0 Å². The molecule has 0 saturated carbocycles. The van der Waals surface area contributed by atoms with Crippen LogP contribution in [0.1, 0.15) is 27.2 Å². The number of nitrogens with two attached hydrogens (primary N) is 1. The van der Waals surface area contributed by atoms with Gasteiger partial charge < -0.3 is 5.73 Å². The molecule has 2 N–H and O–H groups in total. The minimum atomic E-state index is -0.973. The smallest absolute Gasteiger partial charge is 0.325 e. The lowest BCUT2D eigenvalue weighted by Gasteiger charge is -2.14. The van der Waals surface area contributed by atoms with Gasteiger partial charge in [-0.3, -0.25) is 0 Å². The molecule has 1 unspecified atom stereocenters. The summed E-state index contributed by atoms with van der Waals surface area (Å²) in [5.74, 6) is 0. The molecule has 0 aliphatic rings. The van der Waals surface area contributed by atoms with Gasteiger partial charge in [0.25, 0.3) is 0 Å². The van der Waals surface area contributed by atoms with E-state index in [4.69, 9.17) is 5.73 Å². The highest BCUT2D eigenvalue weighted by Crippen LogP contribution is 2.22. The van der Waals surface area contributed by atoms with E-state index in [9.17, 15) is 4.57 Å². The largest absolute Gasteiger partial charge is 0.338 e. The van der Waals surface area contributed by atoms with Gasteiger partial charge in [0.15, 0.2) is 0 Å². The second kappa shape index (κ2) is 4.05. The van der Waals surface area contributed by atoms with Crippen molar-refractivity contribution in [1.29, 1.82) is 0 Å². The van der Waals surface area contributed by atoms with E-state index < -0.39 is 7.80 Å². The van der Waals surface area contributed by atoms with Crippen molar-refractivity contribution in [2.45, 2.75) is 32.7 Å². The highest BCUT2D eigenvalue weighted by atomic mass is 31.1. The van der Waals surface area contributed by atoms with Gasteiger partial charge in [-0.1, -0.05) is 4.57 Å². The highest BCUT2D eigenvalue weighted by Gasteiger charge is 2.18. The fourth-order valence-corrected chi connectivity index (χ4v) is 1.71. The van der Waals surface area contributed by atoms with Gasteiger partial charge >= 0.3 is 7.80 Å². The Morgan fingerprint density at radius 1 is 1.50 bits per heavy atom. The lowest BCUT2D eigenvalue weighted by Crippen LogP contribution is -2.32. The Morgan fingerprint density at radius 2 is 2.00 bits per heavy atom. The van der Waals surface area contributed by atoms with Crippen LogP contribution in [0.2, 0.25) is 0 Å². The maximum atomic E-state index is 11.0. The standard InChI is InChI=1S/C7H17NOP/c1-4-10(9)6-5-7(2,3)8/h4-6,8H2,1-3H3/q+1. The van der Waals surface area contributed by atoms with E-state index in [2.05, 4.69) is 0 Å². The van der Waals surface area contributed by atoms with Gasteiger partial charge in [-0.25, -0.2) is 0 Å². The summed E-state index contributed by atoms with van der Waals surface area (Å²) in [7, 11) is -0.973. The zero-order valence-electron chi connectivity index (χ0n) is 7.05. The van der Waals surface area contributed by atoms with Crippen LogP contribution in [0.3, 0.4) is 0 Å². The molecular formula is C7H17NOP+. The lowest BCUT2D eigenvalue weighted by molar-refractivity contribution is 0.498. The average Bonchev–Trinajstić information content (AvgIpc) is 1.81. The van der Waals surface area contributed by atoms with E-state index >= 15 is 0 Å². The van der Waals surface area contributed by atoms with Crippen LogP contribution in [0.25, 0.3) is 0 Å². The van der Waals surface area contributed by atoms with Crippen LogP contribution in [0.5, 0.6) is 0 Å². The molecule has 0 bridgehead atoms. The van der Waals surface area contributed by atoms with Gasteiger partial charge in [0, 0.05) is 12.0 Å². The molecule has 3 heteroatoms. The van der Waals surface area contributed by atoms with Crippen molar-refractivity contribution in [3.05, 3.63) is 0 Å². The summed E-state index contributed by atoms with van der Waals surface area (Å²) in [5.41, 5.74) is 5.56. The van der Waals surface area contributed by atoms with Crippen LogP contribution in [-0.2, 0) is 4.57 Å². The summed E-state index contributed by atoms with van der Waals surface area (Å²) >= 11 is 0. The molecule has 0 aromatic carbocycles. The molecule has 2 nitrogen and oxygen atoms in total. The number of rotatable bonds is 4. The average molecular weight is 162 g/mol. The Hall–Kier alpha value is 0.0600. The summed E-state index contributed by atoms with van der Waals surface area (Å²) in [6.07, 6.45) is 2.41. The zero-order valence-corrected chi connectivity index (χ0v) is 7.95. The summed E-state index contributed by atoms with van der Waals surface area (Å²) in [6.45, 7) is 5.87. The van der Waals surface area contributed by atoms with Crippen LogP contribution in [0.4, 0.5) is 0 Å². The highest BCUT2D eigenvalue weighted by molar-refractivity contribution is 7.44. The van der Waals surface area contributed by atoms with Gasteiger partial charge in [0.2, 0.25) is 0 Å². The van der Waals surface area contributed by atoms with Crippen molar-refractivity contribution in [2.24, 2.45) is 5.73 Å². The molecule has 1 atom stereocenters. The SMILES string of the molecule is CC[P+](=O)CCC(C)(C)N. The van der Waals surface area contributed by atoms with Crippen molar-refractivity contribution in [1.82, 2.24) is 0 Å². The maximum absolute atomic E-state index is 11.0. The molecular weight excluding hydrogens is 145 g/mol. The minimum absolute atomic E-state index is 0.153. The maximum Gasteiger partial charge on any atom is 0.338 e. The minimum Gasteiger partial charge on any atom is -0.325 e. The van der Waals surface area contributed by atoms with Crippen molar-refractivity contribution >= 4 is 7.80 Å².